The van der Waals surface area contributed by atoms with Gasteiger partial charge in [0.1, 0.15) is 5.75 Å². The maximum absolute atomic E-state index is 5.78. The van der Waals surface area contributed by atoms with Gasteiger partial charge in [0.2, 0.25) is 0 Å². The van der Waals surface area contributed by atoms with E-state index in [9.17, 15) is 0 Å². The smallest absolute Gasteiger partial charge is 0.124 e. The van der Waals surface area contributed by atoms with E-state index in [2.05, 4.69) is 51.8 Å². The summed E-state index contributed by atoms with van der Waals surface area (Å²) in [5.41, 5.74) is 9.59. The number of rotatable bonds is 6. The van der Waals surface area contributed by atoms with Crippen LogP contribution in [0.2, 0.25) is 0 Å². The molecule has 0 spiro atoms. The number of aryl methyl sites for hydroxylation is 2. The number of hydrogen-bond acceptors (Lipinski definition) is 3. The van der Waals surface area contributed by atoms with Crippen molar-refractivity contribution in [3.05, 3.63) is 23.3 Å². The van der Waals surface area contributed by atoms with Crippen LogP contribution in [0.4, 0.5) is 5.69 Å². The van der Waals surface area contributed by atoms with Gasteiger partial charge in [-0.1, -0.05) is 13.8 Å². The Morgan fingerprint density at radius 3 is 2.16 bits per heavy atom. The van der Waals surface area contributed by atoms with E-state index in [-0.39, 0.29) is 5.41 Å². The van der Waals surface area contributed by atoms with E-state index in [0.717, 1.165) is 25.3 Å². The molecule has 2 N–H and O–H groups in total. The molecule has 0 unspecified atom stereocenters. The number of hydrogen-bond donors (Lipinski definition) is 1. The molecule has 1 rings (SSSR count). The number of ether oxygens (including phenoxy) is 1. The van der Waals surface area contributed by atoms with Crippen LogP contribution < -0.4 is 15.4 Å². The molecule has 0 fully saturated rings. The van der Waals surface area contributed by atoms with Crippen molar-refractivity contribution in [1.82, 2.24) is 0 Å². The lowest BCUT2D eigenvalue weighted by atomic mass is 9.89. The summed E-state index contributed by atoms with van der Waals surface area (Å²) in [4.78, 5) is 2.29. The Morgan fingerprint density at radius 1 is 1.21 bits per heavy atom. The maximum Gasteiger partial charge on any atom is 0.124 e. The lowest BCUT2D eigenvalue weighted by Gasteiger charge is -2.28. The molecule has 0 aliphatic carbocycles. The first-order valence-electron chi connectivity index (χ1n) is 6.87. The van der Waals surface area contributed by atoms with Gasteiger partial charge in [-0.2, -0.15) is 0 Å². The summed E-state index contributed by atoms with van der Waals surface area (Å²) in [6, 6.07) is 4.36. The van der Waals surface area contributed by atoms with Gasteiger partial charge in [-0.15, -0.1) is 0 Å². The molecule has 0 aromatic heterocycles. The predicted molar refractivity (Wildman–Crippen MR) is 83.2 cm³/mol. The fourth-order valence-corrected chi connectivity index (χ4v) is 2.17. The number of nitrogens with two attached hydrogens (primary N) is 1. The van der Waals surface area contributed by atoms with Crippen LogP contribution in [0.1, 0.15) is 31.4 Å². The van der Waals surface area contributed by atoms with Crippen molar-refractivity contribution in [2.45, 2.75) is 34.1 Å². The Balaban J connectivity index is 2.81. The minimum atomic E-state index is 0.199. The van der Waals surface area contributed by atoms with Crippen molar-refractivity contribution in [2.24, 2.45) is 11.1 Å². The molecule has 0 atom stereocenters. The average molecular weight is 264 g/mol. The Labute approximate surface area is 117 Å². The maximum atomic E-state index is 5.78. The van der Waals surface area contributed by atoms with Crippen LogP contribution in [0.15, 0.2) is 12.1 Å². The number of anilines is 1. The molecule has 0 radical (unpaired) electrons. The van der Waals surface area contributed by atoms with Crippen molar-refractivity contribution in [2.75, 3.05) is 32.1 Å². The topological polar surface area (TPSA) is 38.5 Å². The van der Waals surface area contributed by atoms with Crippen LogP contribution in [0, 0.1) is 19.3 Å². The van der Waals surface area contributed by atoms with Crippen LogP contribution in [-0.2, 0) is 0 Å². The van der Waals surface area contributed by atoms with Gasteiger partial charge in [0.05, 0.1) is 7.11 Å². The zero-order valence-corrected chi connectivity index (χ0v) is 13.2. The lowest BCUT2D eigenvalue weighted by molar-refractivity contribution is 0.351. The number of benzene rings is 1. The molecule has 108 valence electrons. The molecule has 0 aliphatic heterocycles. The Hall–Kier alpha value is -1.22. The fourth-order valence-electron chi connectivity index (χ4n) is 2.17. The van der Waals surface area contributed by atoms with E-state index in [1.807, 2.05) is 0 Å². The Morgan fingerprint density at radius 2 is 1.74 bits per heavy atom. The van der Waals surface area contributed by atoms with Gasteiger partial charge in [0.25, 0.3) is 0 Å². The number of nitrogens with zero attached hydrogens (tertiary/aromatic N) is 1. The van der Waals surface area contributed by atoms with Crippen LogP contribution in [0.5, 0.6) is 5.75 Å². The summed E-state index contributed by atoms with van der Waals surface area (Å²) < 4.78 is 5.41. The highest BCUT2D eigenvalue weighted by atomic mass is 16.5. The molecule has 0 heterocycles. The predicted octanol–water partition coefficient (Wildman–Crippen LogP) is 3.12. The first kappa shape index (κ1) is 15.8. The van der Waals surface area contributed by atoms with Crippen molar-refractivity contribution < 1.29 is 4.74 Å². The lowest BCUT2D eigenvalue weighted by Crippen LogP contribution is -2.29. The van der Waals surface area contributed by atoms with Gasteiger partial charge in [0, 0.05) is 19.3 Å². The molecule has 19 heavy (non-hydrogen) atoms. The molecular formula is C16H28N2O. The molecule has 0 bridgehead atoms. The molecular weight excluding hydrogens is 236 g/mol. The standard InChI is InChI=1S/C16H28N2O/c1-12-9-14(10-13(2)15(12)19-6)18(5)8-7-16(3,4)11-17/h9-10H,7-8,11,17H2,1-6H3. The molecule has 3 heteroatoms. The summed E-state index contributed by atoms with van der Waals surface area (Å²) in [5, 5.41) is 0. The first-order valence-corrected chi connectivity index (χ1v) is 6.87. The van der Waals surface area contributed by atoms with E-state index < -0.39 is 0 Å². The summed E-state index contributed by atoms with van der Waals surface area (Å²) in [6.45, 7) is 10.3. The third-order valence-corrected chi connectivity index (χ3v) is 3.77. The summed E-state index contributed by atoms with van der Waals surface area (Å²) >= 11 is 0. The number of methoxy groups -OCH3 is 1. The third-order valence-electron chi connectivity index (χ3n) is 3.77. The highest BCUT2D eigenvalue weighted by Crippen LogP contribution is 2.29. The third kappa shape index (κ3) is 4.13. The zero-order chi connectivity index (χ0) is 14.6. The van der Waals surface area contributed by atoms with E-state index in [4.69, 9.17) is 10.5 Å². The SMILES string of the molecule is COc1c(C)cc(N(C)CCC(C)(C)CN)cc1C. The van der Waals surface area contributed by atoms with E-state index in [1.165, 1.54) is 16.8 Å². The summed E-state index contributed by atoms with van der Waals surface area (Å²) in [6.07, 6.45) is 1.09. The normalized spacial score (nSPS) is 11.5. The molecule has 1 aromatic carbocycles. The van der Waals surface area contributed by atoms with Gasteiger partial charge in [0.15, 0.2) is 0 Å². The van der Waals surface area contributed by atoms with Gasteiger partial charge < -0.3 is 15.4 Å². The van der Waals surface area contributed by atoms with Gasteiger partial charge in [-0.25, -0.2) is 0 Å². The monoisotopic (exact) mass is 264 g/mol. The van der Waals surface area contributed by atoms with E-state index in [1.54, 1.807) is 7.11 Å². The van der Waals surface area contributed by atoms with Crippen LogP contribution in [0.25, 0.3) is 0 Å². The highest BCUT2D eigenvalue weighted by molar-refractivity contribution is 5.56. The highest BCUT2D eigenvalue weighted by Gasteiger charge is 2.16. The fraction of sp³-hybridized carbons (Fsp3) is 0.625. The molecule has 3 nitrogen and oxygen atoms in total. The molecule has 0 amide bonds. The molecule has 0 saturated carbocycles. The average Bonchev–Trinajstić information content (AvgIpc) is 2.35. The quantitative estimate of drug-likeness (QED) is 0.858. The molecule has 1 aromatic rings. The van der Waals surface area contributed by atoms with Crippen molar-refractivity contribution in [3.63, 3.8) is 0 Å². The van der Waals surface area contributed by atoms with Crippen molar-refractivity contribution >= 4 is 5.69 Å². The second-order valence-corrected chi connectivity index (χ2v) is 6.15. The summed E-state index contributed by atoms with van der Waals surface area (Å²) in [5.74, 6) is 0.986. The van der Waals surface area contributed by atoms with Crippen LogP contribution in [0.3, 0.4) is 0 Å². The van der Waals surface area contributed by atoms with Crippen LogP contribution >= 0.6 is 0 Å². The summed E-state index contributed by atoms with van der Waals surface area (Å²) in [7, 11) is 3.86. The first-order chi connectivity index (χ1) is 8.80. The van der Waals surface area contributed by atoms with Gasteiger partial charge in [-0.05, 0) is 55.5 Å². The largest absolute Gasteiger partial charge is 0.496 e. The molecule has 0 aliphatic rings. The van der Waals surface area contributed by atoms with Crippen molar-refractivity contribution in [3.8, 4) is 5.75 Å². The minimum absolute atomic E-state index is 0.199. The van der Waals surface area contributed by atoms with Gasteiger partial charge in [-0.3, -0.25) is 0 Å². The van der Waals surface area contributed by atoms with Crippen LogP contribution in [-0.4, -0.2) is 27.2 Å². The second-order valence-electron chi connectivity index (χ2n) is 6.15. The Kier molecular flexibility index (Phi) is 5.24. The Bertz CT molecular complexity index is 404. The second kappa shape index (κ2) is 6.29. The zero-order valence-electron chi connectivity index (χ0n) is 13.2. The molecule has 0 saturated heterocycles. The van der Waals surface area contributed by atoms with E-state index in [0.29, 0.717) is 0 Å². The van der Waals surface area contributed by atoms with Crippen molar-refractivity contribution in [1.29, 1.82) is 0 Å². The van der Waals surface area contributed by atoms with E-state index >= 15 is 0 Å². The van der Waals surface area contributed by atoms with Gasteiger partial charge >= 0.3 is 0 Å². The minimum Gasteiger partial charge on any atom is -0.496 e.